The van der Waals surface area contributed by atoms with E-state index in [9.17, 15) is 4.39 Å². The van der Waals surface area contributed by atoms with Gasteiger partial charge in [-0.15, -0.1) is 0 Å². The predicted octanol–water partition coefficient (Wildman–Crippen LogP) is 4.11. The Balaban J connectivity index is 2.19. The first-order valence-corrected chi connectivity index (χ1v) is 5.45. The maximum Gasteiger partial charge on any atom is 0.141 e. The van der Waals surface area contributed by atoms with E-state index in [0.29, 0.717) is 11.3 Å². The Bertz CT molecular complexity index is 750. The zero-order chi connectivity index (χ0) is 12.5. The van der Waals surface area contributed by atoms with Gasteiger partial charge in [0.15, 0.2) is 0 Å². The first-order chi connectivity index (χ1) is 8.78. The van der Waals surface area contributed by atoms with E-state index in [0.717, 1.165) is 16.3 Å². The molecule has 2 nitrogen and oxygen atoms in total. The summed E-state index contributed by atoms with van der Waals surface area (Å²) >= 11 is 0. The Kier molecular flexibility index (Phi) is 2.35. The molecule has 18 heavy (non-hydrogen) atoms. The zero-order valence-electron chi connectivity index (χ0n) is 9.35. The lowest BCUT2D eigenvalue weighted by atomic mass is 10.1. The molecule has 0 unspecified atom stereocenters. The largest absolute Gasteiger partial charge is 0.463 e. The molecule has 1 heterocycles. The maximum absolute atomic E-state index is 12.9. The number of nitriles is 1. The van der Waals surface area contributed by atoms with E-state index in [4.69, 9.17) is 9.68 Å². The molecule has 0 spiro atoms. The molecule has 3 rings (SSSR count). The van der Waals surface area contributed by atoms with Gasteiger partial charge in [-0.3, -0.25) is 0 Å². The minimum Gasteiger partial charge on any atom is -0.463 e. The summed E-state index contributed by atoms with van der Waals surface area (Å²) in [7, 11) is 0. The molecule has 0 bridgehead atoms. The molecule has 0 fully saturated rings. The second kappa shape index (κ2) is 4.01. The van der Waals surface area contributed by atoms with E-state index in [1.807, 2.05) is 6.07 Å². The summed E-state index contributed by atoms with van der Waals surface area (Å²) in [6, 6.07) is 13.6. The van der Waals surface area contributed by atoms with E-state index in [1.165, 1.54) is 12.1 Å². The van der Waals surface area contributed by atoms with E-state index in [-0.39, 0.29) is 5.82 Å². The molecule has 0 aliphatic carbocycles. The van der Waals surface area contributed by atoms with Gasteiger partial charge in [-0.25, -0.2) is 4.39 Å². The number of hydrogen-bond donors (Lipinski definition) is 0. The highest BCUT2D eigenvalue weighted by Gasteiger charge is 2.09. The average Bonchev–Trinajstić information content (AvgIpc) is 2.82. The van der Waals surface area contributed by atoms with Crippen molar-refractivity contribution in [1.82, 2.24) is 0 Å². The number of halogens is 1. The van der Waals surface area contributed by atoms with Crippen molar-refractivity contribution in [2.75, 3.05) is 0 Å². The molecule has 86 valence electrons. The molecule has 0 N–H and O–H groups in total. The lowest BCUT2D eigenvalue weighted by Gasteiger charge is -1.98. The van der Waals surface area contributed by atoms with Crippen LogP contribution in [-0.2, 0) is 0 Å². The summed E-state index contributed by atoms with van der Waals surface area (Å²) in [4.78, 5) is 0. The van der Waals surface area contributed by atoms with E-state index in [2.05, 4.69) is 6.07 Å². The molecule has 1 aromatic heterocycles. The van der Waals surface area contributed by atoms with Crippen molar-refractivity contribution in [3.05, 3.63) is 60.1 Å². The van der Waals surface area contributed by atoms with Gasteiger partial charge in [0.05, 0.1) is 17.9 Å². The van der Waals surface area contributed by atoms with Gasteiger partial charge in [-0.1, -0.05) is 0 Å². The van der Waals surface area contributed by atoms with Crippen molar-refractivity contribution in [2.45, 2.75) is 0 Å². The smallest absolute Gasteiger partial charge is 0.141 e. The molecule has 3 aromatic rings. The topological polar surface area (TPSA) is 36.9 Å². The summed E-state index contributed by atoms with van der Waals surface area (Å²) in [5.41, 5.74) is 1.41. The van der Waals surface area contributed by atoms with Crippen molar-refractivity contribution in [3.63, 3.8) is 0 Å². The second-order valence-electron chi connectivity index (χ2n) is 3.99. The van der Waals surface area contributed by atoms with Gasteiger partial charge in [-0.2, -0.15) is 5.26 Å². The van der Waals surface area contributed by atoms with Crippen LogP contribution in [0.5, 0.6) is 0 Å². The minimum atomic E-state index is -0.277. The molecule has 0 amide bonds. The Hall–Kier alpha value is -2.60. The number of benzene rings is 2. The predicted molar refractivity (Wildman–Crippen MR) is 66.3 cm³/mol. The standard InChI is InChI=1S/C15H8FNO/c16-13-4-2-11(3-5-13)15-14-6-1-10(8-17)7-12(14)9-18-15/h1-7,9H. The van der Waals surface area contributed by atoms with Gasteiger partial charge >= 0.3 is 0 Å². The minimum absolute atomic E-state index is 0.277. The fourth-order valence-electron chi connectivity index (χ4n) is 1.95. The van der Waals surface area contributed by atoms with Crippen molar-refractivity contribution >= 4 is 10.8 Å². The second-order valence-corrected chi connectivity index (χ2v) is 3.99. The normalized spacial score (nSPS) is 10.4. The highest BCUT2D eigenvalue weighted by atomic mass is 19.1. The maximum atomic E-state index is 12.9. The van der Waals surface area contributed by atoms with Crippen LogP contribution in [0, 0.1) is 17.1 Å². The SMILES string of the molecule is N#Cc1ccc2c(-c3ccc(F)cc3)occ2c1. The molecule has 0 saturated heterocycles. The van der Waals surface area contributed by atoms with Crippen LogP contribution in [0.2, 0.25) is 0 Å². The summed E-state index contributed by atoms with van der Waals surface area (Å²) < 4.78 is 18.4. The molecular weight excluding hydrogens is 229 g/mol. The zero-order valence-corrected chi connectivity index (χ0v) is 9.35. The van der Waals surface area contributed by atoms with Crippen LogP contribution >= 0.6 is 0 Å². The third kappa shape index (κ3) is 1.64. The van der Waals surface area contributed by atoms with Crippen LogP contribution in [0.4, 0.5) is 4.39 Å². The molecule has 2 aromatic carbocycles. The Labute approximate surface area is 103 Å². The van der Waals surface area contributed by atoms with Crippen molar-refractivity contribution in [1.29, 1.82) is 5.26 Å². The van der Waals surface area contributed by atoms with Crippen LogP contribution in [0.1, 0.15) is 5.56 Å². The van der Waals surface area contributed by atoms with Gasteiger partial charge in [0, 0.05) is 16.3 Å². The molecule has 0 atom stereocenters. The van der Waals surface area contributed by atoms with Crippen LogP contribution in [-0.4, -0.2) is 0 Å². The third-order valence-corrected chi connectivity index (χ3v) is 2.84. The Morgan fingerprint density at radius 3 is 2.56 bits per heavy atom. The molecule has 0 radical (unpaired) electrons. The quantitative estimate of drug-likeness (QED) is 0.638. The molecule has 3 heteroatoms. The van der Waals surface area contributed by atoms with Crippen molar-refractivity contribution < 1.29 is 8.81 Å². The number of furan rings is 1. The first-order valence-electron chi connectivity index (χ1n) is 5.45. The lowest BCUT2D eigenvalue weighted by molar-refractivity contribution is 0.586. The molecular formula is C15H8FNO. The van der Waals surface area contributed by atoms with Gasteiger partial charge in [0.25, 0.3) is 0 Å². The number of rotatable bonds is 1. The fraction of sp³-hybridized carbons (Fsp3) is 0. The summed E-state index contributed by atoms with van der Waals surface area (Å²) in [6.07, 6.45) is 1.61. The summed E-state index contributed by atoms with van der Waals surface area (Å²) in [5, 5.41) is 10.6. The van der Waals surface area contributed by atoms with E-state index >= 15 is 0 Å². The van der Waals surface area contributed by atoms with Crippen LogP contribution in [0.25, 0.3) is 22.1 Å². The number of nitrogens with zero attached hydrogens (tertiary/aromatic N) is 1. The van der Waals surface area contributed by atoms with Crippen LogP contribution < -0.4 is 0 Å². The van der Waals surface area contributed by atoms with Gasteiger partial charge in [0.2, 0.25) is 0 Å². The van der Waals surface area contributed by atoms with Gasteiger partial charge < -0.3 is 4.42 Å². The fourth-order valence-corrected chi connectivity index (χ4v) is 1.95. The monoisotopic (exact) mass is 237 g/mol. The van der Waals surface area contributed by atoms with E-state index in [1.54, 1.807) is 30.5 Å². The van der Waals surface area contributed by atoms with Gasteiger partial charge in [-0.05, 0) is 42.5 Å². The lowest BCUT2D eigenvalue weighted by Crippen LogP contribution is -1.78. The number of fused-ring (bicyclic) bond motifs is 1. The van der Waals surface area contributed by atoms with Crippen molar-refractivity contribution in [2.24, 2.45) is 0 Å². The van der Waals surface area contributed by atoms with Crippen LogP contribution in [0.3, 0.4) is 0 Å². The molecule has 0 saturated carbocycles. The van der Waals surface area contributed by atoms with E-state index < -0.39 is 0 Å². The highest BCUT2D eigenvalue weighted by molar-refractivity contribution is 5.94. The molecule has 0 aliphatic heterocycles. The Morgan fingerprint density at radius 1 is 1.06 bits per heavy atom. The Morgan fingerprint density at radius 2 is 1.83 bits per heavy atom. The highest BCUT2D eigenvalue weighted by Crippen LogP contribution is 2.31. The first kappa shape index (κ1) is 10.5. The third-order valence-electron chi connectivity index (χ3n) is 2.84. The van der Waals surface area contributed by atoms with Crippen molar-refractivity contribution in [3.8, 4) is 17.4 Å². The van der Waals surface area contributed by atoms with Crippen LogP contribution in [0.15, 0.2) is 53.1 Å². The number of hydrogen-bond acceptors (Lipinski definition) is 2. The summed E-state index contributed by atoms with van der Waals surface area (Å²) in [6.45, 7) is 0. The molecule has 0 aliphatic rings. The van der Waals surface area contributed by atoms with Gasteiger partial charge in [0.1, 0.15) is 11.6 Å². The average molecular weight is 237 g/mol. The summed E-state index contributed by atoms with van der Waals surface area (Å²) in [5.74, 6) is 0.413.